The van der Waals surface area contributed by atoms with Crippen molar-refractivity contribution < 1.29 is 4.52 Å². The summed E-state index contributed by atoms with van der Waals surface area (Å²) < 4.78 is 9.16. The van der Waals surface area contributed by atoms with Crippen molar-refractivity contribution in [2.24, 2.45) is 0 Å². The SMILES string of the molecule is Cc1cc(=O)c(-c2noc(CCn3c(C)csc3=O)n2)c2n1CCC2. The van der Waals surface area contributed by atoms with Gasteiger partial charge >= 0.3 is 4.87 Å². The van der Waals surface area contributed by atoms with Gasteiger partial charge in [-0.05, 0) is 26.7 Å². The van der Waals surface area contributed by atoms with Crippen LogP contribution >= 0.6 is 11.3 Å². The van der Waals surface area contributed by atoms with E-state index >= 15 is 0 Å². The third-order valence-electron chi connectivity index (χ3n) is 4.64. The molecule has 3 aromatic heterocycles. The molecule has 130 valence electrons. The van der Waals surface area contributed by atoms with E-state index in [0.29, 0.717) is 30.2 Å². The zero-order valence-electron chi connectivity index (χ0n) is 14.1. The first-order valence-corrected chi connectivity index (χ1v) is 9.14. The van der Waals surface area contributed by atoms with Crippen molar-refractivity contribution in [1.82, 2.24) is 19.3 Å². The second-order valence-electron chi connectivity index (χ2n) is 6.28. The lowest BCUT2D eigenvalue weighted by molar-refractivity contribution is 0.371. The summed E-state index contributed by atoms with van der Waals surface area (Å²) in [4.78, 5) is 28.6. The van der Waals surface area contributed by atoms with Crippen molar-refractivity contribution in [1.29, 1.82) is 0 Å². The van der Waals surface area contributed by atoms with Gasteiger partial charge in [0.25, 0.3) is 0 Å². The summed E-state index contributed by atoms with van der Waals surface area (Å²) in [5.41, 5.74) is 3.36. The van der Waals surface area contributed by atoms with Gasteiger partial charge in [0.05, 0.1) is 5.56 Å². The van der Waals surface area contributed by atoms with Gasteiger partial charge in [0.15, 0.2) is 5.43 Å². The van der Waals surface area contributed by atoms with Crippen LogP contribution in [-0.4, -0.2) is 19.3 Å². The third-order valence-corrected chi connectivity index (χ3v) is 5.52. The molecule has 0 amide bonds. The first kappa shape index (κ1) is 16.0. The van der Waals surface area contributed by atoms with Crippen LogP contribution in [0.4, 0.5) is 0 Å². The first-order valence-electron chi connectivity index (χ1n) is 8.26. The smallest absolute Gasteiger partial charge is 0.307 e. The molecule has 4 heterocycles. The maximum Gasteiger partial charge on any atom is 0.307 e. The monoisotopic (exact) mass is 358 g/mol. The fourth-order valence-corrected chi connectivity index (χ4v) is 4.15. The average Bonchev–Trinajstić information content (AvgIpc) is 3.28. The lowest BCUT2D eigenvalue weighted by Gasteiger charge is -2.10. The van der Waals surface area contributed by atoms with E-state index in [1.165, 1.54) is 11.3 Å². The average molecular weight is 358 g/mol. The van der Waals surface area contributed by atoms with E-state index in [9.17, 15) is 9.59 Å². The number of aryl methyl sites for hydroxylation is 3. The van der Waals surface area contributed by atoms with Gasteiger partial charge in [-0.2, -0.15) is 4.98 Å². The number of thiazole rings is 1. The number of nitrogens with zero attached hydrogens (tertiary/aromatic N) is 4. The van der Waals surface area contributed by atoms with Crippen molar-refractivity contribution in [2.45, 2.75) is 46.2 Å². The molecule has 8 heteroatoms. The standard InChI is InChI=1S/C17H18N4O3S/c1-10-8-13(22)15(12-4-3-6-20(10)12)16-18-14(24-19-16)5-7-21-11(2)9-25-17(21)23/h8-9H,3-7H2,1-2H3. The lowest BCUT2D eigenvalue weighted by atomic mass is 10.1. The van der Waals surface area contributed by atoms with E-state index in [0.717, 1.165) is 36.5 Å². The van der Waals surface area contributed by atoms with Gasteiger partial charge in [-0.25, -0.2) is 0 Å². The normalized spacial score (nSPS) is 13.4. The Morgan fingerprint density at radius 3 is 2.88 bits per heavy atom. The van der Waals surface area contributed by atoms with Crippen molar-refractivity contribution in [3.63, 3.8) is 0 Å². The fourth-order valence-electron chi connectivity index (χ4n) is 3.38. The summed E-state index contributed by atoms with van der Waals surface area (Å²) in [6.45, 7) is 5.25. The molecule has 3 aromatic rings. The van der Waals surface area contributed by atoms with E-state index in [1.807, 2.05) is 19.2 Å². The molecule has 0 radical (unpaired) electrons. The molecule has 7 nitrogen and oxygen atoms in total. The van der Waals surface area contributed by atoms with E-state index in [4.69, 9.17) is 4.52 Å². The van der Waals surface area contributed by atoms with Crippen LogP contribution in [0.1, 0.15) is 29.4 Å². The first-order chi connectivity index (χ1) is 12.0. The van der Waals surface area contributed by atoms with Gasteiger partial charge in [0, 0.05) is 48.0 Å². The van der Waals surface area contributed by atoms with Crippen molar-refractivity contribution in [3.8, 4) is 11.4 Å². The number of fused-ring (bicyclic) bond motifs is 1. The molecule has 0 aromatic carbocycles. The lowest BCUT2D eigenvalue weighted by Crippen LogP contribution is -2.16. The molecule has 0 bridgehead atoms. The fraction of sp³-hybridized carbons (Fsp3) is 0.412. The molecule has 0 spiro atoms. The Balaban J connectivity index is 1.64. The second kappa shape index (κ2) is 6.11. The van der Waals surface area contributed by atoms with Crippen LogP contribution in [0.2, 0.25) is 0 Å². The second-order valence-corrected chi connectivity index (χ2v) is 7.10. The van der Waals surface area contributed by atoms with Crippen molar-refractivity contribution in [2.75, 3.05) is 0 Å². The zero-order valence-corrected chi connectivity index (χ0v) is 14.9. The molecule has 0 saturated carbocycles. The van der Waals surface area contributed by atoms with E-state index in [-0.39, 0.29) is 10.3 Å². The van der Waals surface area contributed by atoms with Crippen LogP contribution in [0, 0.1) is 13.8 Å². The Hall–Kier alpha value is -2.48. The molecule has 25 heavy (non-hydrogen) atoms. The molecule has 1 aliphatic rings. The van der Waals surface area contributed by atoms with Crippen molar-refractivity contribution >= 4 is 11.3 Å². The summed E-state index contributed by atoms with van der Waals surface area (Å²) in [5.74, 6) is 0.782. The minimum atomic E-state index is -0.0668. The summed E-state index contributed by atoms with van der Waals surface area (Å²) in [7, 11) is 0. The minimum Gasteiger partial charge on any atom is -0.348 e. The number of aromatic nitrogens is 4. The Morgan fingerprint density at radius 2 is 2.12 bits per heavy atom. The van der Waals surface area contributed by atoms with E-state index < -0.39 is 0 Å². The highest BCUT2D eigenvalue weighted by Crippen LogP contribution is 2.25. The quantitative estimate of drug-likeness (QED) is 0.712. The molecular weight excluding hydrogens is 340 g/mol. The van der Waals surface area contributed by atoms with Crippen molar-refractivity contribution in [3.05, 3.63) is 54.3 Å². The zero-order chi connectivity index (χ0) is 17.6. The minimum absolute atomic E-state index is 0.00633. The highest BCUT2D eigenvalue weighted by molar-refractivity contribution is 7.07. The van der Waals surface area contributed by atoms with Gasteiger partial charge in [-0.3, -0.25) is 9.59 Å². The van der Waals surface area contributed by atoms with Gasteiger partial charge in [0.1, 0.15) is 0 Å². The number of rotatable bonds is 4. The Bertz CT molecular complexity index is 1060. The van der Waals surface area contributed by atoms with Gasteiger partial charge in [-0.1, -0.05) is 16.5 Å². The summed E-state index contributed by atoms with van der Waals surface area (Å²) in [6.07, 6.45) is 2.32. The van der Waals surface area contributed by atoms with Crippen LogP contribution in [0.15, 0.2) is 25.6 Å². The van der Waals surface area contributed by atoms with E-state index in [1.54, 1.807) is 10.6 Å². The Morgan fingerprint density at radius 1 is 1.28 bits per heavy atom. The number of hydrogen-bond acceptors (Lipinski definition) is 6. The summed E-state index contributed by atoms with van der Waals surface area (Å²) in [6, 6.07) is 1.63. The topological polar surface area (TPSA) is 82.9 Å². The number of hydrogen-bond donors (Lipinski definition) is 0. The molecule has 0 fully saturated rings. The molecule has 0 N–H and O–H groups in total. The Kier molecular flexibility index (Phi) is 3.91. The largest absolute Gasteiger partial charge is 0.348 e. The summed E-state index contributed by atoms with van der Waals surface area (Å²) in [5, 5.41) is 5.85. The molecule has 1 aliphatic heterocycles. The van der Waals surface area contributed by atoms with E-state index in [2.05, 4.69) is 14.7 Å². The van der Waals surface area contributed by atoms with Gasteiger partial charge in [0.2, 0.25) is 11.7 Å². The maximum atomic E-state index is 12.5. The number of pyridine rings is 1. The predicted octanol–water partition coefficient (Wildman–Crippen LogP) is 1.93. The molecule has 0 unspecified atom stereocenters. The van der Waals surface area contributed by atoms with Crippen LogP contribution in [0.5, 0.6) is 0 Å². The van der Waals surface area contributed by atoms with Crippen LogP contribution in [-0.2, 0) is 25.9 Å². The highest BCUT2D eigenvalue weighted by Gasteiger charge is 2.23. The predicted molar refractivity (Wildman–Crippen MR) is 94.1 cm³/mol. The molecule has 0 saturated heterocycles. The third kappa shape index (κ3) is 2.76. The Labute approximate surface area is 147 Å². The molecule has 0 atom stereocenters. The van der Waals surface area contributed by atoms with Crippen LogP contribution < -0.4 is 10.3 Å². The van der Waals surface area contributed by atoms with Gasteiger partial charge < -0.3 is 13.7 Å². The highest BCUT2D eigenvalue weighted by atomic mass is 32.1. The van der Waals surface area contributed by atoms with Crippen LogP contribution in [0.3, 0.4) is 0 Å². The van der Waals surface area contributed by atoms with Crippen LogP contribution in [0.25, 0.3) is 11.4 Å². The molecular formula is C17H18N4O3S. The molecule has 4 rings (SSSR count). The molecule has 0 aliphatic carbocycles. The maximum absolute atomic E-state index is 12.5. The van der Waals surface area contributed by atoms with Gasteiger partial charge in [-0.15, -0.1) is 0 Å². The summed E-state index contributed by atoms with van der Waals surface area (Å²) >= 11 is 1.18.